The third-order valence-corrected chi connectivity index (χ3v) is 3.32. The van der Waals surface area contributed by atoms with E-state index in [0.29, 0.717) is 12.1 Å². The molecule has 0 spiro atoms. The molecule has 3 aromatic rings. The number of rotatable bonds is 4. The van der Waals surface area contributed by atoms with Gasteiger partial charge < -0.3 is 5.32 Å². The van der Waals surface area contributed by atoms with Crippen LogP contribution in [0.4, 0.5) is 4.39 Å². The Balaban J connectivity index is 1.70. The molecule has 23 heavy (non-hydrogen) atoms. The molecule has 1 N–H and O–H groups in total. The molecular formula is C18H14FN3O. The van der Waals surface area contributed by atoms with Crippen LogP contribution in [0.15, 0.2) is 67.1 Å². The van der Waals surface area contributed by atoms with E-state index in [9.17, 15) is 9.18 Å². The average Bonchev–Trinajstić information content (AvgIpc) is 2.61. The number of pyridine rings is 2. The van der Waals surface area contributed by atoms with Gasteiger partial charge in [-0.2, -0.15) is 0 Å². The van der Waals surface area contributed by atoms with Crippen molar-refractivity contribution >= 4 is 5.91 Å². The number of hydrogen-bond acceptors (Lipinski definition) is 3. The van der Waals surface area contributed by atoms with Crippen LogP contribution in [0.1, 0.15) is 15.9 Å². The van der Waals surface area contributed by atoms with Crippen molar-refractivity contribution in [1.82, 2.24) is 15.3 Å². The number of amides is 1. The maximum Gasteiger partial charge on any atom is 0.251 e. The number of hydrogen-bond donors (Lipinski definition) is 1. The zero-order valence-electron chi connectivity index (χ0n) is 12.2. The first kappa shape index (κ1) is 14.8. The molecule has 0 bridgehead atoms. The van der Waals surface area contributed by atoms with Gasteiger partial charge in [0, 0.05) is 36.3 Å². The highest BCUT2D eigenvalue weighted by molar-refractivity contribution is 5.94. The molecule has 1 aromatic carbocycles. The van der Waals surface area contributed by atoms with Crippen LogP contribution in [-0.2, 0) is 6.54 Å². The van der Waals surface area contributed by atoms with E-state index in [2.05, 4.69) is 15.3 Å². The van der Waals surface area contributed by atoms with Crippen LogP contribution in [-0.4, -0.2) is 15.9 Å². The van der Waals surface area contributed by atoms with Gasteiger partial charge in [-0.1, -0.05) is 6.07 Å². The van der Waals surface area contributed by atoms with Gasteiger partial charge in [0.1, 0.15) is 5.82 Å². The summed E-state index contributed by atoms with van der Waals surface area (Å²) in [7, 11) is 0. The zero-order valence-corrected chi connectivity index (χ0v) is 12.2. The second-order valence-electron chi connectivity index (χ2n) is 4.98. The molecule has 0 aliphatic rings. The number of aromatic nitrogens is 2. The molecule has 0 aliphatic heterocycles. The van der Waals surface area contributed by atoms with E-state index in [4.69, 9.17) is 0 Å². The number of benzene rings is 1. The highest BCUT2D eigenvalue weighted by atomic mass is 19.1. The van der Waals surface area contributed by atoms with Crippen LogP contribution >= 0.6 is 0 Å². The molecule has 0 fully saturated rings. The molecule has 0 radical (unpaired) electrons. The van der Waals surface area contributed by atoms with Crippen LogP contribution in [0.2, 0.25) is 0 Å². The quantitative estimate of drug-likeness (QED) is 0.805. The van der Waals surface area contributed by atoms with Crippen LogP contribution in [0.3, 0.4) is 0 Å². The van der Waals surface area contributed by atoms with Gasteiger partial charge in [-0.05, 0) is 48.0 Å². The fraction of sp³-hybridized carbons (Fsp3) is 0.0556. The summed E-state index contributed by atoms with van der Waals surface area (Å²) >= 11 is 0. The molecule has 1 amide bonds. The predicted molar refractivity (Wildman–Crippen MR) is 85.0 cm³/mol. The molecule has 0 unspecified atom stereocenters. The van der Waals surface area contributed by atoms with Crippen LogP contribution in [0, 0.1) is 5.82 Å². The number of nitrogens with one attached hydrogen (secondary N) is 1. The maximum absolute atomic E-state index is 13.1. The van der Waals surface area contributed by atoms with Gasteiger partial charge >= 0.3 is 0 Å². The molecule has 4 nitrogen and oxygen atoms in total. The highest BCUT2D eigenvalue weighted by Gasteiger charge is 2.07. The first-order valence-electron chi connectivity index (χ1n) is 7.11. The Labute approximate surface area is 133 Å². The topological polar surface area (TPSA) is 54.9 Å². The van der Waals surface area contributed by atoms with Crippen molar-refractivity contribution in [1.29, 1.82) is 0 Å². The van der Waals surface area contributed by atoms with Gasteiger partial charge in [0.25, 0.3) is 5.91 Å². The molecule has 0 saturated heterocycles. The number of nitrogens with zero attached hydrogens (tertiary/aromatic N) is 2. The van der Waals surface area contributed by atoms with E-state index in [1.54, 1.807) is 24.7 Å². The minimum Gasteiger partial charge on any atom is -0.348 e. The van der Waals surface area contributed by atoms with Crippen molar-refractivity contribution in [2.75, 3.05) is 0 Å². The van der Waals surface area contributed by atoms with Crippen molar-refractivity contribution < 1.29 is 9.18 Å². The van der Waals surface area contributed by atoms with Gasteiger partial charge in [-0.3, -0.25) is 14.8 Å². The third kappa shape index (κ3) is 3.77. The fourth-order valence-electron chi connectivity index (χ4n) is 2.17. The molecule has 5 heteroatoms. The normalized spacial score (nSPS) is 10.3. The van der Waals surface area contributed by atoms with Crippen molar-refractivity contribution in [2.24, 2.45) is 0 Å². The Hall–Kier alpha value is -3.08. The monoisotopic (exact) mass is 307 g/mol. The average molecular weight is 307 g/mol. The number of carbonyl (C=O) groups excluding carboxylic acids is 1. The minimum atomic E-state index is -0.430. The van der Waals surface area contributed by atoms with Gasteiger partial charge in [0.05, 0.1) is 5.69 Å². The summed E-state index contributed by atoms with van der Waals surface area (Å²) in [6.45, 7) is 0.338. The first-order valence-corrected chi connectivity index (χ1v) is 7.11. The van der Waals surface area contributed by atoms with Gasteiger partial charge in [-0.25, -0.2) is 4.39 Å². The lowest BCUT2D eigenvalue weighted by Gasteiger charge is -2.07. The molecule has 114 valence electrons. The predicted octanol–water partition coefficient (Wildman–Crippen LogP) is 3.21. The Morgan fingerprint density at radius 1 is 1.09 bits per heavy atom. The highest BCUT2D eigenvalue weighted by Crippen LogP contribution is 2.16. The minimum absolute atomic E-state index is 0.298. The standard InChI is InChI=1S/C18H14FN3O/c19-16-5-1-3-14(10-16)18(23)22-11-13-6-8-21-17(9-13)15-4-2-7-20-12-15/h1-10,12H,11H2,(H,22,23). The van der Waals surface area contributed by atoms with Crippen molar-refractivity contribution in [2.45, 2.75) is 6.54 Å². The van der Waals surface area contributed by atoms with Crippen molar-refractivity contribution in [3.05, 3.63) is 84.1 Å². The van der Waals surface area contributed by atoms with Crippen LogP contribution < -0.4 is 5.32 Å². The molecule has 3 rings (SSSR count). The molecule has 2 heterocycles. The molecule has 0 aliphatic carbocycles. The smallest absolute Gasteiger partial charge is 0.251 e. The summed E-state index contributed by atoms with van der Waals surface area (Å²) in [6, 6.07) is 13.1. The van der Waals surface area contributed by atoms with Crippen molar-refractivity contribution in [3.8, 4) is 11.3 Å². The maximum atomic E-state index is 13.1. The van der Waals surface area contributed by atoms with E-state index in [1.165, 1.54) is 18.2 Å². The lowest BCUT2D eigenvalue weighted by molar-refractivity contribution is 0.0950. The molecule has 0 saturated carbocycles. The largest absolute Gasteiger partial charge is 0.348 e. The first-order chi connectivity index (χ1) is 11.2. The van der Waals surface area contributed by atoms with Gasteiger partial charge in [0.15, 0.2) is 0 Å². The summed E-state index contributed by atoms with van der Waals surface area (Å²) in [4.78, 5) is 20.4. The molecule has 0 atom stereocenters. The van der Waals surface area contributed by atoms with Crippen molar-refractivity contribution in [3.63, 3.8) is 0 Å². The summed E-state index contributed by atoms with van der Waals surface area (Å²) in [6.07, 6.45) is 5.12. The molecular weight excluding hydrogens is 293 g/mol. The fourth-order valence-corrected chi connectivity index (χ4v) is 2.17. The second-order valence-corrected chi connectivity index (χ2v) is 4.98. The summed E-state index contributed by atoms with van der Waals surface area (Å²) in [5.41, 5.74) is 2.90. The van der Waals surface area contributed by atoms with Gasteiger partial charge in [-0.15, -0.1) is 0 Å². The van der Waals surface area contributed by atoms with Crippen LogP contribution in [0.25, 0.3) is 11.3 Å². The number of halogens is 1. The Morgan fingerprint density at radius 2 is 2.00 bits per heavy atom. The Kier molecular flexibility index (Phi) is 4.38. The SMILES string of the molecule is O=C(NCc1ccnc(-c2cccnc2)c1)c1cccc(F)c1. The van der Waals surface area contributed by atoms with E-state index in [1.807, 2.05) is 24.3 Å². The summed E-state index contributed by atoms with van der Waals surface area (Å²) in [5, 5.41) is 2.77. The van der Waals surface area contributed by atoms with E-state index in [0.717, 1.165) is 16.8 Å². The summed E-state index contributed by atoms with van der Waals surface area (Å²) < 4.78 is 13.1. The Bertz CT molecular complexity index is 821. The second kappa shape index (κ2) is 6.79. The van der Waals surface area contributed by atoms with Gasteiger partial charge in [0.2, 0.25) is 0 Å². The van der Waals surface area contributed by atoms with E-state index >= 15 is 0 Å². The number of carbonyl (C=O) groups is 1. The van der Waals surface area contributed by atoms with Crippen LogP contribution in [0.5, 0.6) is 0 Å². The lowest BCUT2D eigenvalue weighted by Crippen LogP contribution is -2.22. The molecule has 2 aromatic heterocycles. The van der Waals surface area contributed by atoms with E-state index in [-0.39, 0.29) is 5.91 Å². The van der Waals surface area contributed by atoms with E-state index < -0.39 is 5.82 Å². The summed E-state index contributed by atoms with van der Waals surface area (Å²) in [5.74, 6) is -0.746. The third-order valence-electron chi connectivity index (χ3n) is 3.32. The lowest BCUT2D eigenvalue weighted by atomic mass is 10.1. The Morgan fingerprint density at radius 3 is 2.78 bits per heavy atom. The zero-order chi connectivity index (χ0) is 16.1.